The lowest BCUT2D eigenvalue weighted by Crippen LogP contribution is -2.18. The minimum Gasteiger partial charge on any atom is -0.383 e. The first-order valence-electron chi connectivity index (χ1n) is 6.90. The molecular weight excluding hydrogens is 268 g/mol. The normalized spacial score (nSPS) is 10.8. The van der Waals surface area contributed by atoms with Crippen LogP contribution < -0.4 is 5.32 Å². The molecule has 1 aromatic heterocycles. The molecule has 3 nitrogen and oxygen atoms in total. The maximum Gasteiger partial charge on any atom is 0.0587 e. The Morgan fingerprint density at radius 2 is 2.05 bits per heavy atom. The van der Waals surface area contributed by atoms with Gasteiger partial charge in [-0.1, -0.05) is 18.2 Å². The molecule has 0 atom stereocenters. The first kappa shape index (κ1) is 15.2. The Kier molecular flexibility index (Phi) is 6.71. The maximum atomic E-state index is 5.01. The number of methoxy groups -OCH3 is 1. The predicted molar refractivity (Wildman–Crippen MR) is 85.2 cm³/mol. The molecule has 2 rings (SSSR count). The van der Waals surface area contributed by atoms with Crippen LogP contribution >= 0.6 is 11.8 Å². The van der Waals surface area contributed by atoms with E-state index in [0.29, 0.717) is 0 Å². The van der Waals surface area contributed by atoms with E-state index in [-0.39, 0.29) is 0 Å². The van der Waals surface area contributed by atoms with Crippen molar-refractivity contribution >= 4 is 11.8 Å². The average Bonchev–Trinajstić information content (AvgIpc) is 2.93. The van der Waals surface area contributed by atoms with E-state index in [1.165, 1.54) is 10.5 Å². The molecule has 0 unspecified atom stereocenters. The van der Waals surface area contributed by atoms with Crippen LogP contribution in [0.4, 0.5) is 0 Å². The number of nitrogens with one attached hydrogen (secondary N) is 1. The SMILES string of the molecule is COCCNCc1ccn(CCSc2ccccc2)c1. The quantitative estimate of drug-likeness (QED) is 0.568. The molecule has 0 fully saturated rings. The van der Waals surface area contributed by atoms with Crippen molar-refractivity contribution in [2.24, 2.45) is 0 Å². The van der Waals surface area contributed by atoms with E-state index in [4.69, 9.17) is 4.74 Å². The molecule has 2 aromatic rings. The predicted octanol–water partition coefficient (Wildman–Crippen LogP) is 3.02. The smallest absolute Gasteiger partial charge is 0.0587 e. The number of benzene rings is 1. The fourth-order valence-corrected chi connectivity index (χ4v) is 2.81. The van der Waals surface area contributed by atoms with Gasteiger partial charge >= 0.3 is 0 Å². The van der Waals surface area contributed by atoms with Gasteiger partial charge in [0.05, 0.1) is 6.61 Å². The van der Waals surface area contributed by atoms with E-state index in [9.17, 15) is 0 Å². The maximum absolute atomic E-state index is 5.01. The van der Waals surface area contributed by atoms with Gasteiger partial charge in [-0.25, -0.2) is 0 Å². The summed E-state index contributed by atoms with van der Waals surface area (Å²) in [6.07, 6.45) is 4.37. The summed E-state index contributed by atoms with van der Waals surface area (Å²) in [5, 5.41) is 3.35. The van der Waals surface area contributed by atoms with Crippen molar-refractivity contribution in [3.05, 3.63) is 54.4 Å². The first-order valence-corrected chi connectivity index (χ1v) is 7.89. The molecule has 0 bridgehead atoms. The van der Waals surface area contributed by atoms with Crippen molar-refractivity contribution in [1.29, 1.82) is 0 Å². The van der Waals surface area contributed by atoms with Crippen molar-refractivity contribution in [2.75, 3.05) is 26.0 Å². The molecule has 0 radical (unpaired) electrons. The Morgan fingerprint density at radius 1 is 1.20 bits per heavy atom. The summed E-state index contributed by atoms with van der Waals surface area (Å²) in [5.74, 6) is 1.09. The molecule has 0 aliphatic rings. The molecule has 0 spiro atoms. The third kappa shape index (κ3) is 5.41. The molecular formula is C16H22N2OS. The van der Waals surface area contributed by atoms with Crippen molar-refractivity contribution < 1.29 is 4.74 Å². The Balaban J connectivity index is 1.67. The third-order valence-electron chi connectivity index (χ3n) is 2.99. The zero-order valence-corrected chi connectivity index (χ0v) is 12.7. The van der Waals surface area contributed by atoms with Crippen LogP contribution in [0.1, 0.15) is 5.56 Å². The van der Waals surface area contributed by atoms with Crippen LogP contribution in [0, 0.1) is 0 Å². The zero-order valence-electron chi connectivity index (χ0n) is 11.9. The number of aromatic nitrogens is 1. The van der Waals surface area contributed by atoms with Gasteiger partial charge in [-0.05, 0) is 23.8 Å². The summed E-state index contributed by atoms with van der Waals surface area (Å²) in [4.78, 5) is 1.33. The van der Waals surface area contributed by atoms with E-state index in [1.807, 2.05) is 11.8 Å². The van der Waals surface area contributed by atoms with Crippen LogP contribution in [0.2, 0.25) is 0 Å². The second-order valence-corrected chi connectivity index (χ2v) is 5.76. The Bertz CT molecular complexity index is 484. The molecule has 1 aromatic carbocycles. The molecule has 0 aliphatic heterocycles. The monoisotopic (exact) mass is 290 g/mol. The Hall–Kier alpha value is -1.23. The molecule has 108 valence electrons. The van der Waals surface area contributed by atoms with E-state index in [2.05, 4.69) is 58.7 Å². The van der Waals surface area contributed by atoms with E-state index in [1.54, 1.807) is 7.11 Å². The summed E-state index contributed by atoms with van der Waals surface area (Å²) >= 11 is 1.90. The van der Waals surface area contributed by atoms with Gasteiger partial charge in [0.15, 0.2) is 0 Å². The largest absolute Gasteiger partial charge is 0.383 e. The Morgan fingerprint density at radius 3 is 2.85 bits per heavy atom. The van der Waals surface area contributed by atoms with Crippen molar-refractivity contribution in [3.63, 3.8) is 0 Å². The van der Waals surface area contributed by atoms with Crippen LogP contribution in [-0.4, -0.2) is 30.6 Å². The lowest BCUT2D eigenvalue weighted by Gasteiger charge is -2.04. The fraction of sp³-hybridized carbons (Fsp3) is 0.375. The zero-order chi connectivity index (χ0) is 14.0. The lowest BCUT2D eigenvalue weighted by molar-refractivity contribution is 0.199. The van der Waals surface area contributed by atoms with Gasteiger partial charge in [0.1, 0.15) is 0 Å². The van der Waals surface area contributed by atoms with Crippen LogP contribution in [0.3, 0.4) is 0 Å². The van der Waals surface area contributed by atoms with Crippen LogP contribution in [-0.2, 0) is 17.8 Å². The van der Waals surface area contributed by atoms with E-state index in [0.717, 1.165) is 32.0 Å². The highest BCUT2D eigenvalue weighted by molar-refractivity contribution is 7.99. The highest BCUT2D eigenvalue weighted by Gasteiger charge is 1.98. The van der Waals surface area contributed by atoms with Crippen LogP contribution in [0.15, 0.2) is 53.7 Å². The van der Waals surface area contributed by atoms with Gasteiger partial charge in [0, 0.05) is 49.8 Å². The van der Waals surface area contributed by atoms with Gasteiger partial charge in [-0.3, -0.25) is 0 Å². The molecule has 20 heavy (non-hydrogen) atoms. The number of aryl methyl sites for hydroxylation is 1. The second-order valence-electron chi connectivity index (χ2n) is 4.59. The summed E-state index contributed by atoms with van der Waals surface area (Å²) in [5.41, 5.74) is 1.32. The highest BCUT2D eigenvalue weighted by Crippen LogP contribution is 2.17. The second kappa shape index (κ2) is 8.84. The fourth-order valence-electron chi connectivity index (χ4n) is 1.93. The van der Waals surface area contributed by atoms with Gasteiger partial charge in [-0.15, -0.1) is 11.8 Å². The van der Waals surface area contributed by atoms with Gasteiger partial charge in [0.2, 0.25) is 0 Å². The number of nitrogens with zero attached hydrogens (tertiary/aromatic N) is 1. The van der Waals surface area contributed by atoms with Crippen molar-refractivity contribution in [1.82, 2.24) is 9.88 Å². The molecule has 0 saturated heterocycles. The summed E-state index contributed by atoms with van der Waals surface area (Å²) in [6, 6.07) is 12.7. The molecule has 4 heteroatoms. The number of ether oxygens (including phenoxy) is 1. The molecule has 0 saturated carbocycles. The van der Waals surface area contributed by atoms with Gasteiger partial charge < -0.3 is 14.6 Å². The highest BCUT2D eigenvalue weighted by atomic mass is 32.2. The average molecular weight is 290 g/mol. The molecule has 0 aliphatic carbocycles. The Labute approximate surface area is 125 Å². The van der Waals surface area contributed by atoms with Crippen LogP contribution in [0.25, 0.3) is 0 Å². The number of hydrogen-bond donors (Lipinski definition) is 1. The van der Waals surface area contributed by atoms with E-state index >= 15 is 0 Å². The van der Waals surface area contributed by atoms with Gasteiger partial charge in [-0.2, -0.15) is 0 Å². The van der Waals surface area contributed by atoms with Crippen molar-refractivity contribution in [2.45, 2.75) is 18.0 Å². The molecule has 1 heterocycles. The lowest BCUT2D eigenvalue weighted by atomic mass is 10.3. The standard InChI is InChI=1S/C16H22N2OS/c1-19-11-8-17-13-15-7-9-18(14-15)10-12-20-16-5-3-2-4-6-16/h2-7,9,14,17H,8,10-13H2,1H3. The minimum atomic E-state index is 0.758. The number of rotatable bonds is 9. The van der Waals surface area contributed by atoms with E-state index < -0.39 is 0 Å². The third-order valence-corrected chi connectivity index (χ3v) is 3.98. The van der Waals surface area contributed by atoms with Crippen molar-refractivity contribution in [3.8, 4) is 0 Å². The van der Waals surface area contributed by atoms with Gasteiger partial charge in [0.25, 0.3) is 0 Å². The molecule has 1 N–H and O–H groups in total. The number of hydrogen-bond acceptors (Lipinski definition) is 3. The molecule has 0 amide bonds. The number of thioether (sulfide) groups is 1. The minimum absolute atomic E-state index is 0.758. The summed E-state index contributed by atoms with van der Waals surface area (Å²) in [6.45, 7) is 3.60. The summed E-state index contributed by atoms with van der Waals surface area (Å²) < 4.78 is 7.26. The topological polar surface area (TPSA) is 26.2 Å². The first-order chi connectivity index (χ1) is 9.88. The van der Waals surface area contributed by atoms with Crippen LogP contribution in [0.5, 0.6) is 0 Å². The summed E-state index contributed by atoms with van der Waals surface area (Å²) in [7, 11) is 1.72.